The van der Waals surface area contributed by atoms with E-state index in [-0.39, 0.29) is 23.6 Å². The van der Waals surface area contributed by atoms with Gasteiger partial charge in [0.1, 0.15) is 5.75 Å². The molecule has 28 heavy (non-hydrogen) atoms. The summed E-state index contributed by atoms with van der Waals surface area (Å²) < 4.78 is 5.43. The van der Waals surface area contributed by atoms with Crippen LogP contribution in [0.15, 0.2) is 59.7 Å². The van der Waals surface area contributed by atoms with Gasteiger partial charge < -0.3 is 4.74 Å². The maximum Gasteiger partial charge on any atom is 0.277 e. The van der Waals surface area contributed by atoms with E-state index in [0.717, 1.165) is 5.56 Å². The number of ether oxygens (including phenoxy) is 1. The molecule has 0 fully saturated rings. The maximum absolute atomic E-state index is 11.7. The third-order valence-corrected chi connectivity index (χ3v) is 3.83. The number of allylic oxidation sites excluding steroid dienone is 1. The van der Waals surface area contributed by atoms with Crippen molar-refractivity contribution in [3.8, 4) is 5.75 Å². The summed E-state index contributed by atoms with van der Waals surface area (Å²) in [5, 5.41) is 14.4. The molecule has 146 valence electrons. The number of non-ortho nitro benzene ring substituents is 1. The molecule has 0 radical (unpaired) electrons. The first-order valence-electron chi connectivity index (χ1n) is 8.72. The minimum absolute atomic E-state index is 0.0335. The third-order valence-electron chi connectivity index (χ3n) is 3.83. The molecule has 0 bridgehead atoms. The number of nitrogens with one attached hydrogen (secondary N) is 1. The Labute approximate surface area is 163 Å². The summed E-state index contributed by atoms with van der Waals surface area (Å²) >= 11 is 0. The number of benzene rings is 2. The first-order valence-corrected chi connectivity index (χ1v) is 8.72. The summed E-state index contributed by atoms with van der Waals surface area (Å²) in [6.45, 7) is 6.25. The van der Waals surface area contributed by atoms with Gasteiger partial charge in [-0.05, 0) is 46.9 Å². The smallest absolute Gasteiger partial charge is 0.277 e. The van der Waals surface area contributed by atoms with Crippen LogP contribution in [0.5, 0.6) is 5.75 Å². The molecule has 0 heterocycles. The normalized spacial score (nSPS) is 11.7. The Morgan fingerprint density at radius 1 is 1.14 bits per heavy atom. The van der Waals surface area contributed by atoms with Crippen LogP contribution in [0.1, 0.15) is 31.9 Å². The van der Waals surface area contributed by atoms with Crippen molar-refractivity contribution in [2.24, 2.45) is 5.10 Å². The van der Waals surface area contributed by atoms with Gasteiger partial charge in [-0.2, -0.15) is 5.10 Å². The second-order valence-corrected chi connectivity index (χ2v) is 7.08. The second-order valence-electron chi connectivity index (χ2n) is 7.08. The molecule has 0 atom stereocenters. The zero-order chi connectivity index (χ0) is 20.6. The van der Waals surface area contributed by atoms with Crippen LogP contribution in [0, 0.1) is 10.1 Å². The standard InChI is InChI=1S/C21H23N3O4/c1-21(2,3)17-8-12-19(13-9-17)28-15-20(25)23-22-14-4-5-16-6-10-18(11-7-16)24(26)27/h4-14H,15H2,1-3H3,(H,23,25)/b5-4+,22-14+. The molecule has 2 aromatic rings. The van der Waals surface area contributed by atoms with Gasteiger partial charge in [-0.3, -0.25) is 14.9 Å². The van der Waals surface area contributed by atoms with Gasteiger partial charge >= 0.3 is 0 Å². The van der Waals surface area contributed by atoms with Crippen molar-refractivity contribution < 1.29 is 14.5 Å². The minimum atomic E-state index is -0.453. The molecule has 0 aliphatic heterocycles. The molecule has 7 heteroatoms. The Hall–Kier alpha value is -3.48. The predicted octanol–water partition coefficient (Wildman–Crippen LogP) is 4.09. The molecule has 2 aromatic carbocycles. The Morgan fingerprint density at radius 2 is 1.79 bits per heavy atom. The van der Waals surface area contributed by atoms with Crippen LogP contribution in [-0.2, 0) is 10.2 Å². The zero-order valence-electron chi connectivity index (χ0n) is 16.1. The number of nitro groups is 1. The molecule has 1 amide bonds. The van der Waals surface area contributed by atoms with Crippen molar-refractivity contribution >= 4 is 23.9 Å². The number of hydrazone groups is 1. The lowest BCUT2D eigenvalue weighted by Crippen LogP contribution is -2.24. The molecule has 1 N–H and O–H groups in total. The van der Waals surface area contributed by atoms with Crippen molar-refractivity contribution in [2.75, 3.05) is 6.61 Å². The molecule has 7 nitrogen and oxygen atoms in total. The summed E-state index contributed by atoms with van der Waals surface area (Å²) in [6.07, 6.45) is 4.75. The van der Waals surface area contributed by atoms with Gasteiger partial charge in [-0.1, -0.05) is 39.0 Å². The van der Waals surface area contributed by atoms with E-state index in [0.29, 0.717) is 5.75 Å². The summed E-state index contributed by atoms with van der Waals surface area (Å²) in [5.74, 6) is 0.241. The quantitative estimate of drug-likeness (QED) is 0.444. The van der Waals surface area contributed by atoms with E-state index in [2.05, 4.69) is 31.3 Å². The molecule has 0 saturated heterocycles. The minimum Gasteiger partial charge on any atom is -0.484 e. The predicted molar refractivity (Wildman–Crippen MR) is 109 cm³/mol. The first-order chi connectivity index (χ1) is 13.3. The van der Waals surface area contributed by atoms with E-state index < -0.39 is 4.92 Å². The number of nitrogens with zero attached hydrogens (tertiary/aromatic N) is 2. The van der Waals surface area contributed by atoms with Crippen molar-refractivity contribution in [3.63, 3.8) is 0 Å². The van der Waals surface area contributed by atoms with Gasteiger partial charge in [-0.15, -0.1) is 0 Å². The third kappa shape index (κ3) is 6.68. The first kappa shape index (κ1) is 20.8. The number of nitro benzene ring substituents is 1. The summed E-state index contributed by atoms with van der Waals surface area (Å²) in [7, 11) is 0. The number of rotatable bonds is 7. The Morgan fingerprint density at radius 3 is 2.36 bits per heavy atom. The van der Waals surface area contributed by atoms with Gasteiger partial charge in [0.15, 0.2) is 6.61 Å². The Balaban J connectivity index is 1.75. The maximum atomic E-state index is 11.7. The fraction of sp³-hybridized carbons (Fsp3) is 0.238. The van der Waals surface area contributed by atoms with Crippen molar-refractivity contribution in [1.82, 2.24) is 5.43 Å². The van der Waals surface area contributed by atoms with Crippen molar-refractivity contribution in [3.05, 3.63) is 75.8 Å². The monoisotopic (exact) mass is 381 g/mol. The summed E-state index contributed by atoms with van der Waals surface area (Å²) in [4.78, 5) is 21.9. The lowest BCUT2D eigenvalue weighted by Gasteiger charge is -2.19. The highest BCUT2D eigenvalue weighted by Gasteiger charge is 2.13. The highest BCUT2D eigenvalue weighted by Crippen LogP contribution is 2.24. The molecule has 0 aliphatic rings. The van der Waals surface area contributed by atoms with Gasteiger partial charge in [-0.25, -0.2) is 5.43 Å². The molecular weight excluding hydrogens is 358 g/mol. The molecule has 2 rings (SSSR count). The van der Waals surface area contributed by atoms with E-state index in [1.165, 1.54) is 23.9 Å². The average molecular weight is 381 g/mol. The van der Waals surface area contributed by atoms with Gasteiger partial charge in [0.25, 0.3) is 11.6 Å². The Kier molecular flexibility index (Phi) is 7.03. The summed E-state index contributed by atoms with van der Waals surface area (Å²) in [5.41, 5.74) is 4.43. The Bertz CT molecular complexity index is 864. The van der Waals surface area contributed by atoms with Crippen LogP contribution in [0.25, 0.3) is 6.08 Å². The van der Waals surface area contributed by atoms with Crippen LogP contribution in [0.4, 0.5) is 5.69 Å². The van der Waals surface area contributed by atoms with E-state index in [1.54, 1.807) is 24.3 Å². The fourth-order valence-corrected chi connectivity index (χ4v) is 2.25. The average Bonchev–Trinajstić information content (AvgIpc) is 2.66. The molecule has 0 aromatic heterocycles. The fourth-order valence-electron chi connectivity index (χ4n) is 2.25. The summed E-state index contributed by atoms with van der Waals surface area (Å²) in [6, 6.07) is 13.7. The number of hydrogen-bond acceptors (Lipinski definition) is 5. The van der Waals surface area contributed by atoms with E-state index >= 15 is 0 Å². The highest BCUT2D eigenvalue weighted by atomic mass is 16.6. The number of amides is 1. The van der Waals surface area contributed by atoms with E-state index in [9.17, 15) is 14.9 Å². The number of hydrogen-bond donors (Lipinski definition) is 1. The SMILES string of the molecule is CC(C)(C)c1ccc(OCC(=O)N/N=C/C=C/c2ccc([N+](=O)[O-])cc2)cc1. The molecule has 0 saturated carbocycles. The second kappa shape index (κ2) is 9.45. The lowest BCUT2D eigenvalue weighted by atomic mass is 9.87. The van der Waals surface area contributed by atoms with Crippen LogP contribution < -0.4 is 10.2 Å². The topological polar surface area (TPSA) is 93.8 Å². The van der Waals surface area contributed by atoms with Crippen molar-refractivity contribution in [2.45, 2.75) is 26.2 Å². The van der Waals surface area contributed by atoms with Gasteiger partial charge in [0.2, 0.25) is 0 Å². The number of carbonyl (C=O) groups excluding carboxylic acids is 1. The van der Waals surface area contributed by atoms with Crippen LogP contribution in [0.3, 0.4) is 0 Å². The zero-order valence-corrected chi connectivity index (χ0v) is 16.1. The van der Waals surface area contributed by atoms with E-state index in [4.69, 9.17) is 4.74 Å². The highest BCUT2D eigenvalue weighted by molar-refractivity contribution is 5.82. The number of carbonyl (C=O) groups is 1. The van der Waals surface area contributed by atoms with Crippen molar-refractivity contribution in [1.29, 1.82) is 0 Å². The van der Waals surface area contributed by atoms with Crippen LogP contribution >= 0.6 is 0 Å². The van der Waals surface area contributed by atoms with E-state index in [1.807, 2.05) is 24.3 Å². The van der Waals surface area contributed by atoms with Gasteiger partial charge in [0.05, 0.1) is 4.92 Å². The lowest BCUT2D eigenvalue weighted by molar-refractivity contribution is -0.384. The molecule has 0 spiro atoms. The molecule has 0 aliphatic carbocycles. The molecular formula is C21H23N3O4. The largest absolute Gasteiger partial charge is 0.484 e. The van der Waals surface area contributed by atoms with Crippen LogP contribution in [-0.4, -0.2) is 23.7 Å². The van der Waals surface area contributed by atoms with Gasteiger partial charge in [0, 0.05) is 18.3 Å². The molecule has 0 unspecified atom stereocenters. The van der Waals surface area contributed by atoms with Crippen LogP contribution in [0.2, 0.25) is 0 Å².